The summed E-state index contributed by atoms with van der Waals surface area (Å²) in [5.74, 6) is 0.358. The second kappa shape index (κ2) is 10.4. The Morgan fingerprint density at radius 1 is 0.800 bits per heavy atom. The van der Waals surface area contributed by atoms with Crippen molar-refractivity contribution in [2.75, 3.05) is 12.4 Å². The molecule has 1 unspecified atom stereocenters. The quantitative estimate of drug-likeness (QED) is 0.199. The molecule has 0 bridgehead atoms. The highest BCUT2D eigenvalue weighted by atomic mass is 16.6. The van der Waals surface area contributed by atoms with Gasteiger partial charge in [-0.3, -0.25) is 0 Å². The van der Waals surface area contributed by atoms with Gasteiger partial charge in [-0.25, -0.2) is 4.79 Å². The van der Waals surface area contributed by atoms with Gasteiger partial charge >= 0.3 is 5.97 Å². The molecule has 226 valence electrons. The topological polar surface area (TPSA) is 52.5 Å². The molecule has 0 spiro atoms. The molecule has 1 aromatic heterocycles. The molecule has 5 aromatic rings. The second-order valence-corrected chi connectivity index (χ2v) is 13.2. The summed E-state index contributed by atoms with van der Waals surface area (Å²) in [5, 5.41) is 3.76. The third kappa shape index (κ3) is 4.10. The number of fused-ring (bicyclic) bond motifs is 4. The third-order valence-electron chi connectivity index (χ3n) is 10.2. The van der Waals surface area contributed by atoms with Crippen molar-refractivity contribution >= 4 is 11.7 Å². The van der Waals surface area contributed by atoms with Crippen molar-refractivity contribution in [1.29, 1.82) is 0 Å². The molecule has 45 heavy (non-hydrogen) atoms. The van der Waals surface area contributed by atoms with Crippen LogP contribution in [0.3, 0.4) is 0 Å². The molecule has 1 N–H and O–H groups in total. The SMILES string of the molecule is COc1cc(NC2CCCCC2)ccc1C1(c2c(-c3ccccc3)cn3c2C(C)(C)c2ccccc2-3)OC(=O)c2ccccc21. The lowest BCUT2D eigenvalue weighted by Crippen LogP contribution is -2.34. The number of methoxy groups -OCH3 is 1. The van der Waals surface area contributed by atoms with Crippen LogP contribution in [0.15, 0.2) is 103 Å². The standard InChI is InChI=1S/C40H38N2O3/c1-39(2)32-20-12-13-21-34(32)42-25-30(26-14-6-4-7-15-26)36(37(39)42)40(31-19-11-10-18-29(31)38(43)45-40)33-23-22-28(24-35(33)44-3)41-27-16-8-5-9-17-27/h4,6-7,10-15,18-25,27,41H,5,8-9,16-17H2,1-3H3. The van der Waals surface area contributed by atoms with Gasteiger partial charge in [0.2, 0.25) is 0 Å². The molecule has 5 nitrogen and oxygen atoms in total. The number of aromatic nitrogens is 1. The molecule has 1 atom stereocenters. The van der Waals surface area contributed by atoms with Crippen molar-refractivity contribution in [2.24, 2.45) is 0 Å². The number of para-hydroxylation sites is 1. The van der Waals surface area contributed by atoms with E-state index >= 15 is 0 Å². The predicted octanol–water partition coefficient (Wildman–Crippen LogP) is 9.00. The number of rotatable bonds is 6. The van der Waals surface area contributed by atoms with Crippen LogP contribution in [0.4, 0.5) is 5.69 Å². The van der Waals surface area contributed by atoms with E-state index < -0.39 is 5.60 Å². The molecule has 3 aliphatic rings. The highest BCUT2D eigenvalue weighted by Crippen LogP contribution is 2.58. The van der Waals surface area contributed by atoms with Crippen LogP contribution < -0.4 is 10.1 Å². The highest BCUT2D eigenvalue weighted by molar-refractivity contribution is 5.97. The Morgan fingerprint density at radius 3 is 2.29 bits per heavy atom. The molecule has 0 radical (unpaired) electrons. The van der Waals surface area contributed by atoms with Gasteiger partial charge in [-0.2, -0.15) is 0 Å². The van der Waals surface area contributed by atoms with E-state index in [0.717, 1.165) is 44.9 Å². The first-order chi connectivity index (χ1) is 21.9. The molecule has 2 aliphatic heterocycles. The molecule has 0 saturated heterocycles. The number of anilines is 1. The number of benzene rings is 4. The van der Waals surface area contributed by atoms with E-state index in [-0.39, 0.29) is 11.4 Å². The fourth-order valence-electron chi connectivity index (χ4n) is 8.13. The summed E-state index contributed by atoms with van der Waals surface area (Å²) in [4.78, 5) is 13.9. The van der Waals surface area contributed by atoms with Crippen LogP contribution in [0, 0.1) is 0 Å². The van der Waals surface area contributed by atoms with Gasteiger partial charge < -0.3 is 19.4 Å². The summed E-state index contributed by atoms with van der Waals surface area (Å²) in [7, 11) is 1.71. The number of hydrogen-bond donors (Lipinski definition) is 1. The van der Waals surface area contributed by atoms with Crippen LogP contribution >= 0.6 is 0 Å². The number of ether oxygens (including phenoxy) is 2. The molecule has 3 heterocycles. The lowest BCUT2D eigenvalue weighted by molar-refractivity contribution is 0.0242. The Balaban J connectivity index is 1.44. The predicted molar refractivity (Wildman–Crippen MR) is 179 cm³/mol. The normalized spacial score (nSPS) is 19.8. The van der Waals surface area contributed by atoms with Crippen molar-refractivity contribution < 1.29 is 14.3 Å². The number of esters is 1. The van der Waals surface area contributed by atoms with E-state index in [4.69, 9.17) is 9.47 Å². The number of cyclic esters (lactones) is 1. The zero-order valence-electron chi connectivity index (χ0n) is 26.1. The Hall–Kier alpha value is -4.77. The largest absolute Gasteiger partial charge is 0.496 e. The van der Waals surface area contributed by atoms with Crippen LogP contribution in [0.1, 0.15) is 84.3 Å². The second-order valence-electron chi connectivity index (χ2n) is 13.2. The minimum Gasteiger partial charge on any atom is -0.496 e. The smallest absolute Gasteiger partial charge is 0.340 e. The van der Waals surface area contributed by atoms with Crippen LogP contribution in [0.25, 0.3) is 16.8 Å². The zero-order valence-corrected chi connectivity index (χ0v) is 26.1. The van der Waals surface area contributed by atoms with E-state index in [2.05, 4.69) is 96.7 Å². The monoisotopic (exact) mass is 594 g/mol. The summed E-state index contributed by atoms with van der Waals surface area (Å²) < 4.78 is 15.3. The zero-order chi connectivity index (χ0) is 30.8. The van der Waals surface area contributed by atoms with Crippen LogP contribution in [0.5, 0.6) is 5.75 Å². The minimum atomic E-state index is -1.24. The van der Waals surface area contributed by atoms with Gasteiger partial charge in [-0.1, -0.05) is 99.8 Å². The first kappa shape index (κ1) is 27.8. The summed E-state index contributed by atoms with van der Waals surface area (Å²) >= 11 is 0. The highest BCUT2D eigenvalue weighted by Gasteiger charge is 2.56. The lowest BCUT2D eigenvalue weighted by atomic mass is 9.72. The Morgan fingerprint density at radius 2 is 1.51 bits per heavy atom. The van der Waals surface area contributed by atoms with Crippen molar-refractivity contribution in [3.05, 3.63) is 137 Å². The van der Waals surface area contributed by atoms with E-state index in [9.17, 15) is 4.79 Å². The average Bonchev–Trinajstić information content (AvgIpc) is 3.69. The van der Waals surface area contributed by atoms with Gasteiger partial charge in [0.05, 0.1) is 12.7 Å². The maximum atomic E-state index is 13.9. The number of nitrogens with one attached hydrogen (secondary N) is 1. The molecule has 1 fully saturated rings. The molecular formula is C40H38N2O3. The number of carbonyl (C=O) groups excluding carboxylic acids is 1. The van der Waals surface area contributed by atoms with E-state index in [1.165, 1.54) is 37.7 Å². The molecule has 1 saturated carbocycles. The summed E-state index contributed by atoms with van der Waals surface area (Å²) in [5.41, 5.74) is 8.21. The van der Waals surface area contributed by atoms with Gasteiger partial charge in [0.1, 0.15) is 5.75 Å². The van der Waals surface area contributed by atoms with Crippen molar-refractivity contribution in [3.8, 4) is 22.6 Å². The molecule has 5 heteroatoms. The third-order valence-corrected chi connectivity index (χ3v) is 10.2. The molecule has 0 amide bonds. The van der Waals surface area contributed by atoms with Gasteiger partial charge in [-0.05, 0) is 48.2 Å². The Kier molecular flexibility index (Phi) is 6.42. The Labute approximate surface area is 264 Å². The number of nitrogens with zero attached hydrogens (tertiary/aromatic N) is 1. The molecule has 4 aromatic carbocycles. The van der Waals surface area contributed by atoms with Gasteiger partial charge in [-0.15, -0.1) is 0 Å². The van der Waals surface area contributed by atoms with Gasteiger partial charge in [0.25, 0.3) is 0 Å². The maximum absolute atomic E-state index is 13.9. The summed E-state index contributed by atoms with van der Waals surface area (Å²) in [6, 6.07) is 33.6. The first-order valence-corrected chi connectivity index (χ1v) is 16.1. The Bertz CT molecular complexity index is 1930. The van der Waals surface area contributed by atoms with Crippen LogP contribution in [-0.4, -0.2) is 23.7 Å². The van der Waals surface area contributed by atoms with E-state index in [1.807, 2.05) is 30.3 Å². The van der Waals surface area contributed by atoms with Crippen LogP contribution in [-0.2, 0) is 15.8 Å². The van der Waals surface area contributed by atoms with Gasteiger partial charge in [0, 0.05) is 63.0 Å². The van der Waals surface area contributed by atoms with Crippen LogP contribution in [0.2, 0.25) is 0 Å². The van der Waals surface area contributed by atoms with E-state index in [1.54, 1.807) is 7.11 Å². The summed E-state index contributed by atoms with van der Waals surface area (Å²) in [6.45, 7) is 4.54. The molecular weight excluding hydrogens is 556 g/mol. The average molecular weight is 595 g/mol. The number of hydrogen-bond acceptors (Lipinski definition) is 4. The molecule has 8 rings (SSSR count). The van der Waals surface area contributed by atoms with Crippen molar-refractivity contribution in [3.63, 3.8) is 0 Å². The minimum absolute atomic E-state index is 0.329. The lowest BCUT2D eigenvalue weighted by Gasteiger charge is -2.35. The van der Waals surface area contributed by atoms with Crippen molar-refractivity contribution in [2.45, 2.75) is 63.0 Å². The fourth-order valence-corrected chi connectivity index (χ4v) is 8.13. The number of carbonyl (C=O) groups is 1. The summed E-state index contributed by atoms with van der Waals surface area (Å²) in [6.07, 6.45) is 8.39. The fraction of sp³-hybridized carbons (Fsp3) is 0.275. The van der Waals surface area contributed by atoms with E-state index in [0.29, 0.717) is 17.4 Å². The first-order valence-electron chi connectivity index (χ1n) is 16.1. The van der Waals surface area contributed by atoms with Crippen molar-refractivity contribution in [1.82, 2.24) is 4.57 Å². The van der Waals surface area contributed by atoms with Gasteiger partial charge in [0.15, 0.2) is 5.60 Å². The maximum Gasteiger partial charge on any atom is 0.340 e. The molecule has 1 aliphatic carbocycles.